The van der Waals surface area contributed by atoms with E-state index in [1.54, 1.807) is 12.4 Å². The third-order valence-electron chi connectivity index (χ3n) is 6.90. The van der Waals surface area contributed by atoms with Gasteiger partial charge in [0, 0.05) is 48.7 Å². The Morgan fingerprint density at radius 3 is 2.84 bits per heavy atom. The molecule has 4 heterocycles. The number of ether oxygens (including phenoxy) is 1. The zero-order valence-corrected chi connectivity index (χ0v) is 19.0. The summed E-state index contributed by atoms with van der Waals surface area (Å²) < 4.78 is 7.78. The predicted molar refractivity (Wildman–Crippen MR) is 122 cm³/mol. The van der Waals surface area contributed by atoms with Crippen LogP contribution < -0.4 is 5.69 Å². The van der Waals surface area contributed by atoms with E-state index in [9.17, 15) is 4.79 Å². The normalized spacial score (nSPS) is 20.0. The number of hydrogen-bond acceptors (Lipinski definition) is 5. The van der Waals surface area contributed by atoms with Crippen LogP contribution in [-0.2, 0) is 16.8 Å². The fourth-order valence-electron chi connectivity index (χ4n) is 4.72. The highest BCUT2D eigenvalue weighted by Crippen LogP contribution is 2.41. The minimum atomic E-state index is -0.113. The van der Waals surface area contributed by atoms with Gasteiger partial charge in [0.2, 0.25) is 0 Å². The van der Waals surface area contributed by atoms with Gasteiger partial charge < -0.3 is 9.72 Å². The van der Waals surface area contributed by atoms with Crippen molar-refractivity contribution in [2.24, 2.45) is 5.41 Å². The lowest BCUT2D eigenvalue weighted by atomic mass is 9.84. The number of aromatic nitrogens is 4. The highest BCUT2D eigenvalue weighted by molar-refractivity contribution is 5.73. The first-order valence-corrected chi connectivity index (χ1v) is 11.1. The Kier molecular flexibility index (Phi) is 5.99. The second-order valence-electron chi connectivity index (χ2n) is 9.28. The highest BCUT2D eigenvalue weighted by atomic mass is 16.5. The number of nitrogens with one attached hydrogen (secondary N) is 1. The van der Waals surface area contributed by atoms with Crippen LogP contribution in [0.2, 0.25) is 0 Å². The molecule has 7 nitrogen and oxygen atoms in total. The molecule has 31 heavy (non-hydrogen) atoms. The average molecular weight is 424 g/mol. The molecule has 3 aromatic heterocycles. The molecule has 0 amide bonds. The fourth-order valence-corrected chi connectivity index (χ4v) is 4.72. The number of H-pyrrole nitrogens is 1. The lowest BCUT2D eigenvalue weighted by Crippen LogP contribution is -2.42. The second-order valence-corrected chi connectivity index (χ2v) is 9.28. The minimum absolute atomic E-state index is 0.0153. The Balaban J connectivity index is 1.55. The van der Waals surface area contributed by atoms with Gasteiger partial charge in [0.1, 0.15) is 0 Å². The van der Waals surface area contributed by atoms with Gasteiger partial charge in [-0.3, -0.25) is 19.4 Å². The fraction of sp³-hybridized carbons (Fsp3) is 0.542. The predicted octanol–water partition coefficient (Wildman–Crippen LogP) is 3.48. The van der Waals surface area contributed by atoms with E-state index in [4.69, 9.17) is 4.74 Å². The summed E-state index contributed by atoms with van der Waals surface area (Å²) in [7, 11) is 0. The van der Waals surface area contributed by atoms with Crippen molar-refractivity contribution in [1.29, 1.82) is 0 Å². The Morgan fingerprint density at radius 2 is 2.10 bits per heavy atom. The van der Waals surface area contributed by atoms with E-state index >= 15 is 0 Å². The van der Waals surface area contributed by atoms with E-state index in [0.29, 0.717) is 19.8 Å². The quantitative estimate of drug-likeness (QED) is 0.600. The first-order chi connectivity index (χ1) is 14.8. The average Bonchev–Trinajstić information content (AvgIpc) is 3.33. The molecule has 4 rings (SSSR count). The number of hydrogen-bond donors (Lipinski definition) is 1. The van der Waals surface area contributed by atoms with Crippen LogP contribution in [-0.4, -0.2) is 50.7 Å². The Hall–Kier alpha value is -2.51. The summed E-state index contributed by atoms with van der Waals surface area (Å²) in [6, 6.07) is 6.17. The second kappa shape index (κ2) is 8.55. The molecule has 0 bridgehead atoms. The summed E-state index contributed by atoms with van der Waals surface area (Å²) in [5, 5.41) is 0. The lowest BCUT2D eigenvalue weighted by molar-refractivity contribution is 0.0359. The topological polar surface area (TPSA) is 76.0 Å². The van der Waals surface area contributed by atoms with Crippen molar-refractivity contribution in [2.45, 2.75) is 52.6 Å². The molecule has 1 saturated heterocycles. The highest BCUT2D eigenvalue weighted by Gasteiger charge is 2.43. The number of likely N-dealkylation sites (tertiary alicyclic amines) is 1. The van der Waals surface area contributed by atoms with Crippen LogP contribution in [0.5, 0.6) is 0 Å². The van der Waals surface area contributed by atoms with E-state index in [2.05, 4.69) is 45.8 Å². The molecule has 7 heteroatoms. The number of rotatable bonds is 8. The molecule has 1 atom stereocenters. The zero-order valence-electron chi connectivity index (χ0n) is 19.0. The van der Waals surface area contributed by atoms with Gasteiger partial charge in [-0.15, -0.1) is 0 Å². The number of pyridine rings is 2. The summed E-state index contributed by atoms with van der Waals surface area (Å²) in [6.07, 6.45) is 7.38. The summed E-state index contributed by atoms with van der Waals surface area (Å²) >= 11 is 0. The molecular weight excluding hydrogens is 390 g/mol. The molecular formula is C24H33N5O2. The maximum Gasteiger partial charge on any atom is 0.326 e. The zero-order chi connectivity index (χ0) is 22.1. The third-order valence-corrected chi connectivity index (χ3v) is 6.90. The summed E-state index contributed by atoms with van der Waals surface area (Å²) in [5.74, 6) is 0. The molecule has 3 aromatic rings. The van der Waals surface area contributed by atoms with E-state index in [1.807, 2.05) is 30.7 Å². The molecule has 1 aliphatic heterocycles. The first-order valence-electron chi connectivity index (χ1n) is 11.1. The van der Waals surface area contributed by atoms with Crippen molar-refractivity contribution in [1.82, 2.24) is 24.4 Å². The van der Waals surface area contributed by atoms with Crippen molar-refractivity contribution in [2.75, 3.05) is 26.3 Å². The SMILES string of the molecule is CCOCC1(CCn2c(=O)[nH]c3cnccc32)CCN(C(C)(C)c2ccc(C)nc2)C1. The van der Waals surface area contributed by atoms with Crippen LogP contribution in [0.15, 0.2) is 41.6 Å². The smallest absolute Gasteiger partial charge is 0.326 e. The Morgan fingerprint density at radius 1 is 1.26 bits per heavy atom. The van der Waals surface area contributed by atoms with Gasteiger partial charge in [0.05, 0.1) is 23.8 Å². The number of aryl methyl sites for hydroxylation is 2. The van der Waals surface area contributed by atoms with Gasteiger partial charge >= 0.3 is 5.69 Å². The molecule has 1 N–H and O–H groups in total. The molecule has 0 aliphatic carbocycles. The Labute approximate surface area is 183 Å². The van der Waals surface area contributed by atoms with Gasteiger partial charge in [-0.1, -0.05) is 6.07 Å². The van der Waals surface area contributed by atoms with Crippen molar-refractivity contribution < 1.29 is 4.74 Å². The molecule has 1 aliphatic rings. The molecule has 0 spiro atoms. The summed E-state index contributed by atoms with van der Waals surface area (Å²) in [6.45, 7) is 12.6. The van der Waals surface area contributed by atoms with Gasteiger partial charge in [0.25, 0.3) is 0 Å². The van der Waals surface area contributed by atoms with E-state index < -0.39 is 0 Å². The maximum atomic E-state index is 12.5. The third kappa shape index (κ3) is 4.29. The van der Waals surface area contributed by atoms with E-state index in [0.717, 1.165) is 42.7 Å². The summed E-state index contributed by atoms with van der Waals surface area (Å²) in [4.78, 5) is 26.6. The van der Waals surface area contributed by atoms with Gasteiger partial charge in [-0.05, 0) is 64.8 Å². The van der Waals surface area contributed by atoms with Crippen LogP contribution in [0.1, 0.15) is 44.9 Å². The van der Waals surface area contributed by atoms with Crippen molar-refractivity contribution in [3.63, 3.8) is 0 Å². The minimum Gasteiger partial charge on any atom is -0.381 e. The standard InChI is InChI=1S/C24H33N5O2/c1-5-31-17-24(10-13-29-21-8-11-25-15-20(21)27-22(29)30)9-12-28(16-24)23(3,4)19-7-6-18(2)26-14-19/h6-8,11,14-15H,5,9-10,12-13,16-17H2,1-4H3,(H,27,30). The number of fused-ring (bicyclic) bond motifs is 1. The van der Waals surface area contributed by atoms with Crippen LogP contribution in [0, 0.1) is 12.3 Å². The van der Waals surface area contributed by atoms with Gasteiger partial charge in [0.15, 0.2) is 0 Å². The van der Waals surface area contributed by atoms with Gasteiger partial charge in [-0.25, -0.2) is 4.79 Å². The van der Waals surface area contributed by atoms with Crippen LogP contribution in [0.25, 0.3) is 11.0 Å². The van der Waals surface area contributed by atoms with E-state index in [-0.39, 0.29) is 16.6 Å². The maximum absolute atomic E-state index is 12.5. The molecule has 0 saturated carbocycles. The van der Waals surface area contributed by atoms with Crippen LogP contribution in [0.3, 0.4) is 0 Å². The molecule has 1 fully saturated rings. The van der Waals surface area contributed by atoms with Crippen molar-refractivity contribution in [3.05, 3.63) is 58.5 Å². The summed E-state index contributed by atoms with van der Waals surface area (Å²) in [5.41, 5.74) is 3.78. The number of aromatic amines is 1. The largest absolute Gasteiger partial charge is 0.381 e. The van der Waals surface area contributed by atoms with E-state index in [1.165, 1.54) is 5.56 Å². The number of imidazole rings is 1. The molecule has 0 radical (unpaired) electrons. The first kappa shape index (κ1) is 21.7. The van der Waals surface area contributed by atoms with Crippen molar-refractivity contribution in [3.8, 4) is 0 Å². The molecule has 1 unspecified atom stereocenters. The number of nitrogens with zero attached hydrogens (tertiary/aromatic N) is 4. The van der Waals surface area contributed by atoms with Gasteiger partial charge in [-0.2, -0.15) is 0 Å². The van der Waals surface area contributed by atoms with Crippen LogP contribution in [0.4, 0.5) is 0 Å². The van der Waals surface area contributed by atoms with Crippen LogP contribution >= 0.6 is 0 Å². The van der Waals surface area contributed by atoms with Crippen molar-refractivity contribution >= 4 is 11.0 Å². The lowest BCUT2D eigenvalue weighted by Gasteiger charge is -2.38. The monoisotopic (exact) mass is 423 g/mol. The molecule has 0 aromatic carbocycles. The Bertz CT molecular complexity index is 1090. The molecule has 166 valence electrons.